The molecule has 2 aromatic carbocycles. The topological polar surface area (TPSA) is 66.1 Å². The number of urea groups is 1. The van der Waals surface area contributed by atoms with Crippen LogP contribution in [0.3, 0.4) is 0 Å². The van der Waals surface area contributed by atoms with Crippen LogP contribution in [0.5, 0.6) is 0 Å². The molecule has 0 aliphatic rings. The standard InChI is InChI=1S/C18H20N4OS/c1-13-6-8-14(9-7-13)12-21-17(23)19-10-11-20-18-22-15-4-2-3-5-16(15)24-18/h2-9H,10-12H2,1H3,(H,20,22)(H2,19,21,23). The zero-order valence-electron chi connectivity index (χ0n) is 13.5. The van der Waals surface area contributed by atoms with Crippen molar-refractivity contribution in [1.29, 1.82) is 0 Å². The number of carbonyl (C=O) groups excluding carboxylic acids is 1. The smallest absolute Gasteiger partial charge is 0.315 e. The molecule has 5 nitrogen and oxygen atoms in total. The van der Waals surface area contributed by atoms with Crippen LogP contribution in [0.25, 0.3) is 10.2 Å². The van der Waals surface area contributed by atoms with E-state index in [2.05, 4.69) is 27.0 Å². The summed E-state index contributed by atoms with van der Waals surface area (Å²) in [6.45, 7) is 3.74. The van der Waals surface area contributed by atoms with Gasteiger partial charge in [0.15, 0.2) is 5.13 Å². The molecule has 24 heavy (non-hydrogen) atoms. The minimum absolute atomic E-state index is 0.165. The number of benzene rings is 2. The van der Waals surface area contributed by atoms with E-state index in [4.69, 9.17) is 0 Å². The number of nitrogens with zero attached hydrogens (tertiary/aromatic N) is 1. The Morgan fingerprint density at radius 1 is 1.04 bits per heavy atom. The molecule has 0 aliphatic carbocycles. The number of nitrogens with one attached hydrogen (secondary N) is 3. The maximum Gasteiger partial charge on any atom is 0.315 e. The van der Waals surface area contributed by atoms with Crippen LogP contribution in [0.1, 0.15) is 11.1 Å². The van der Waals surface area contributed by atoms with Gasteiger partial charge in [-0.05, 0) is 24.6 Å². The number of hydrogen-bond acceptors (Lipinski definition) is 4. The van der Waals surface area contributed by atoms with Crippen molar-refractivity contribution in [3.63, 3.8) is 0 Å². The highest BCUT2D eigenvalue weighted by Crippen LogP contribution is 2.24. The van der Waals surface area contributed by atoms with Crippen LogP contribution in [0.2, 0.25) is 0 Å². The van der Waals surface area contributed by atoms with E-state index < -0.39 is 0 Å². The maximum atomic E-state index is 11.8. The fourth-order valence-corrected chi connectivity index (χ4v) is 3.14. The second-order valence-electron chi connectivity index (χ2n) is 5.51. The summed E-state index contributed by atoms with van der Waals surface area (Å²) in [6.07, 6.45) is 0. The molecule has 6 heteroatoms. The summed E-state index contributed by atoms with van der Waals surface area (Å²) in [5, 5.41) is 9.79. The highest BCUT2D eigenvalue weighted by Gasteiger charge is 2.03. The van der Waals surface area contributed by atoms with Crippen molar-refractivity contribution in [1.82, 2.24) is 15.6 Å². The third-order valence-corrected chi connectivity index (χ3v) is 4.55. The van der Waals surface area contributed by atoms with Gasteiger partial charge in [0.2, 0.25) is 0 Å². The number of anilines is 1. The van der Waals surface area contributed by atoms with Gasteiger partial charge in [0, 0.05) is 19.6 Å². The molecule has 0 saturated heterocycles. The SMILES string of the molecule is Cc1ccc(CNC(=O)NCCNc2nc3ccccc3s2)cc1. The zero-order valence-corrected chi connectivity index (χ0v) is 14.3. The number of para-hydroxylation sites is 1. The molecule has 0 fully saturated rings. The lowest BCUT2D eigenvalue weighted by molar-refractivity contribution is 0.241. The van der Waals surface area contributed by atoms with Crippen LogP contribution in [0, 0.1) is 6.92 Å². The monoisotopic (exact) mass is 340 g/mol. The molecule has 0 bridgehead atoms. The van der Waals surface area contributed by atoms with Crippen LogP contribution in [0.15, 0.2) is 48.5 Å². The number of carbonyl (C=O) groups is 1. The van der Waals surface area contributed by atoms with Crippen molar-refractivity contribution >= 4 is 32.7 Å². The summed E-state index contributed by atoms with van der Waals surface area (Å²) in [6, 6.07) is 16.0. The molecule has 0 saturated carbocycles. The number of thiazole rings is 1. The van der Waals surface area contributed by atoms with E-state index in [1.54, 1.807) is 11.3 Å². The van der Waals surface area contributed by atoms with Gasteiger partial charge in [0.05, 0.1) is 10.2 Å². The predicted molar refractivity (Wildman–Crippen MR) is 99.5 cm³/mol. The first-order valence-electron chi connectivity index (χ1n) is 7.87. The molecule has 1 aromatic heterocycles. The Bertz CT molecular complexity index is 780. The second kappa shape index (κ2) is 7.79. The van der Waals surface area contributed by atoms with Gasteiger partial charge in [0.25, 0.3) is 0 Å². The molecular weight excluding hydrogens is 320 g/mol. The van der Waals surface area contributed by atoms with Crippen molar-refractivity contribution in [3.8, 4) is 0 Å². The van der Waals surface area contributed by atoms with Crippen molar-refractivity contribution in [2.45, 2.75) is 13.5 Å². The Kier molecular flexibility index (Phi) is 5.28. The van der Waals surface area contributed by atoms with E-state index in [1.807, 2.05) is 49.4 Å². The summed E-state index contributed by atoms with van der Waals surface area (Å²) in [5.74, 6) is 0. The quantitative estimate of drug-likeness (QED) is 0.602. The largest absolute Gasteiger partial charge is 0.360 e. The highest BCUT2D eigenvalue weighted by molar-refractivity contribution is 7.22. The molecule has 3 aromatic rings. The predicted octanol–water partition coefficient (Wildman–Crippen LogP) is 3.52. The van der Waals surface area contributed by atoms with Gasteiger partial charge in [-0.2, -0.15) is 0 Å². The van der Waals surface area contributed by atoms with Gasteiger partial charge in [-0.3, -0.25) is 0 Å². The molecule has 1 heterocycles. The number of fused-ring (bicyclic) bond motifs is 1. The molecule has 0 spiro atoms. The second-order valence-corrected chi connectivity index (χ2v) is 6.54. The first-order valence-corrected chi connectivity index (χ1v) is 8.69. The number of aromatic nitrogens is 1. The van der Waals surface area contributed by atoms with Gasteiger partial charge in [-0.1, -0.05) is 53.3 Å². The first-order chi connectivity index (χ1) is 11.7. The van der Waals surface area contributed by atoms with Crippen LogP contribution in [-0.2, 0) is 6.54 Å². The summed E-state index contributed by atoms with van der Waals surface area (Å²) < 4.78 is 1.16. The van der Waals surface area contributed by atoms with E-state index in [9.17, 15) is 4.79 Å². The summed E-state index contributed by atoms with van der Waals surface area (Å²) in [4.78, 5) is 16.3. The molecule has 0 radical (unpaired) electrons. The van der Waals surface area contributed by atoms with Crippen LogP contribution in [0.4, 0.5) is 9.93 Å². The van der Waals surface area contributed by atoms with Gasteiger partial charge in [0.1, 0.15) is 0 Å². The molecule has 2 amide bonds. The molecule has 124 valence electrons. The average Bonchev–Trinajstić information content (AvgIpc) is 3.01. The normalized spacial score (nSPS) is 10.5. The Hall–Kier alpha value is -2.60. The van der Waals surface area contributed by atoms with E-state index in [0.717, 1.165) is 20.9 Å². The number of hydrogen-bond donors (Lipinski definition) is 3. The van der Waals surface area contributed by atoms with Gasteiger partial charge in [-0.15, -0.1) is 0 Å². The lowest BCUT2D eigenvalue weighted by Crippen LogP contribution is -2.37. The molecule has 0 aliphatic heterocycles. The number of rotatable bonds is 6. The van der Waals surface area contributed by atoms with Crippen molar-refractivity contribution < 1.29 is 4.79 Å². The summed E-state index contributed by atoms with van der Waals surface area (Å²) >= 11 is 1.61. The number of aryl methyl sites for hydroxylation is 1. The molecule has 3 rings (SSSR count). The van der Waals surface area contributed by atoms with Crippen LogP contribution in [-0.4, -0.2) is 24.1 Å². The lowest BCUT2D eigenvalue weighted by Gasteiger charge is -2.08. The maximum absolute atomic E-state index is 11.8. The van der Waals surface area contributed by atoms with Crippen molar-refractivity contribution in [2.75, 3.05) is 18.4 Å². The third-order valence-electron chi connectivity index (χ3n) is 3.55. The Balaban J connectivity index is 1.36. The van der Waals surface area contributed by atoms with E-state index in [1.165, 1.54) is 5.56 Å². The molecule has 3 N–H and O–H groups in total. The summed E-state index contributed by atoms with van der Waals surface area (Å²) in [5.41, 5.74) is 3.29. The fourth-order valence-electron chi connectivity index (χ4n) is 2.24. The van der Waals surface area contributed by atoms with Gasteiger partial charge in [-0.25, -0.2) is 9.78 Å². The minimum atomic E-state index is -0.165. The molecular formula is C18H20N4OS. The van der Waals surface area contributed by atoms with Gasteiger partial charge >= 0.3 is 6.03 Å². The van der Waals surface area contributed by atoms with Crippen LogP contribution >= 0.6 is 11.3 Å². The Morgan fingerprint density at radius 2 is 1.83 bits per heavy atom. The van der Waals surface area contributed by atoms with Crippen LogP contribution < -0.4 is 16.0 Å². The van der Waals surface area contributed by atoms with E-state index in [0.29, 0.717) is 19.6 Å². The van der Waals surface area contributed by atoms with E-state index in [-0.39, 0.29) is 6.03 Å². The van der Waals surface area contributed by atoms with Crippen molar-refractivity contribution in [3.05, 3.63) is 59.7 Å². The highest BCUT2D eigenvalue weighted by atomic mass is 32.1. The Labute approximate surface area is 145 Å². The molecule has 0 unspecified atom stereocenters. The minimum Gasteiger partial charge on any atom is -0.360 e. The van der Waals surface area contributed by atoms with E-state index >= 15 is 0 Å². The zero-order chi connectivity index (χ0) is 16.8. The fraction of sp³-hybridized carbons (Fsp3) is 0.222. The molecule has 0 atom stereocenters. The lowest BCUT2D eigenvalue weighted by atomic mass is 10.1. The van der Waals surface area contributed by atoms with Crippen molar-refractivity contribution in [2.24, 2.45) is 0 Å². The van der Waals surface area contributed by atoms with Gasteiger partial charge < -0.3 is 16.0 Å². The third kappa shape index (κ3) is 4.45. The first kappa shape index (κ1) is 16.3. The Morgan fingerprint density at radius 3 is 2.62 bits per heavy atom. The number of amides is 2. The summed E-state index contributed by atoms with van der Waals surface area (Å²) in [7, 11) is 0. The average molecular weight is 340 g/mol.